The number of carbonyl (C=O) groups excluding carboxylic acids is 1. The minimum absolute atomic E-state index is 0.0518. The van der Waals surface area contributed by atoms with E-state index in [-0.39, 0.29) is 27.7 Å². The Morgan fingerprint density at radius 2 is 1.67 bits per heavy atom. The van der Waals surface area contributed by atoms with Crippen molar-refractivity contribution in [3.8, 4) is 11.1 Å². The second-order valence-corrected chi connectivity index (χ2v) is 7.84. The summed E-state index contributed by atoms with van der Waals surface area (Å²) in [5.41, 5.74) is 3.60. The lowest BCUT2D eigenvalue weighted by Crippen LogP contribution is -2.19. The normalized spacial score (nSPS) is 12.2. The number of fused-ring (bicyclic) bond motifs is 3. The molecule has 5 nitrogen and oxygen atoms in total. The Morgan fingerprint density at radius 3 is 2.23 bits per heavy atom. The molecule has 30 heavy (non-hydrogen) atoms. The van der Waals surface area contributed by atoms with E-state index in [1.807, 2.05) is 48.5 Å². The van der Waals surface area contributed by atoms with Crippen molar-refractivity contribution in [2.24, 2.45) is 0 Å². The third kappa shape index (κ3) is 3.55. The van der Waals surface area contributed by atoms with Gasteiger partial charge < -0.3 is 9.84 Å². The summed E-state index contributed by atoms with van der Waals surface area (Å²) >= 11 is 9.02. The SMILES string of the molecule is O=C(Nc1c(Cl)c(C(=O)O)cc(F)c1Br)OCC1c2ccccc2-c2ccccc21. The fraction of sp³-hybridized carbons (Fsp3) is 0.0909. The number of carbonyl (C=O) groups is 2. The minimum atomic E-state index is -1.41. The Kier molecular flexibility index (Phi) is 5.49. The van der Waals surface area contributed by atoms with Gasteiger partial charge in [-0.2, -0.15) is 0 Å². The van der Waals surface area contributed by atoms with Crippen LogP contribution < -0.4 is 5.32 Å². The van der Waals surface area contributed by atoms with E-state index in [1.165, 1.54) is 0 Å². The maximum atomic E-state index is 14.0. The quantitative estimate of drug-likeness (QED) is 0.421. The molecule has 3 aromatic carbocycles. The van der Waals surface area contributed by atoms with Crippen molar-refractivity contribution in [1.29, 1.82) is 0 Å². The second kappa shape index (κ2) is 8.08. The Labute approximate surface area is 184 Å². The largest absolute Gasteiger partial charge is 0.478 e. The van der Waals surface area contributed by atoms with Gasteiger partial charge in [0.25, 0.3) is 0 Å². The van der Waals surface area contributed by atoms with E-state index in [0.717, 1.165) is 28.3 Å². The standard InChI is InChI=1S/C22H14BrClFNO4/c23-18-17(25)9-15(21(27)28)19(24)20(18)26-22(29)30-10-16-13-7-3-1-5-11(13)12-6-2-4-8-14(12)16/h1-9,16H,10H2,(H,26,29)(H,27,28). The number of aromatic carboxylic acids is 1. The molecule has 1 aliphatic carbocycles. The summed E-state index contributed by atoms with van der Waals surface area (Å²) in [6.07, 6.45) is -0.874. The summed E-state index contributed by atoms with van der Waals surface area (Å²) < 4.78 is 19.3. The average molecular weight is 491 g/mol. The van der Waals surface area contributed by atoms with Crippen LogP contribution in [0.1, 0.15) is 27.4 Å². The molecule has 2 N–H and O–H groups in total. The molecule has 1 amide bonds. The van der Waals surface area contributed by atoms with E-state index in [9.17, 15) is 14.0 Å². The monoisotopic (exact) mass is 489 g/mol. The minimum Gasteiger partial charge on any atom is -0.478 e. The lowest BCUT2D eigenvalue weighted by atomic mass is 9.98. The molecule has 0 aliphatic heterocycles. The highest BCUT2D eigenvalue weighted by molar-refractivity contribution is 9.10. The third-order valence-electron chi connectivity index (χ3n) is 4.96. The van der Waals surface area contributed by atoms with Crippen LogP contribution in [0.2, 0.25) is 5.02 Å². The number of ether oxygens (including phenoxy) is 1. The van der Waals surface area contributed by atoms with E-state index >= 15 is 0 Å². The van der Waals surface area contributed by atoms with Crippen LogP contribution in [-0.2, 0) is 4.74 Å². The van der Waals surface area contributed by atoms with Gasteiger partial charge in [0.2, 0.25) is 0 Å². The van der Waals surface area contributed by atoms with Crippen LogP contribution in [0.25, 0.3) is 11.1 Å². The van der Waals surface area contributed by atoms with Crippen molar-refractivity contribution >= 4 is 45.3 Å². The summed E-state index contributed by atoms with van der Waals surface area (Å²) in [4.78, 5) is 23.7. The van der Waals surface area contributed by atoms with Crippen LogP contribution in [0, 0.1) is 5.82 Å². The molecule has 152 valence electrons. The summed E-state index contributed by atoms with van der Waals surface area (Å²) in [7, 11) is 0. The van der Waals surface area contributed by atoms with Crippen LogP contribution in [-0.4, -0.2) is 23.8 Å². The molecule has 3 aromatic rings. The molecule has 0 saturated heterocycles. The molecule has 0 bridgehead atoms. The number of amides is 1. The van der Waals surface area contributed by atoms with Crippen LogP contribution in [0.15, 0.2) is 59.1 Å². The van der Waals surface area contributed by atoms with Gasteiger partial charge in [0.1, 0.15) is 12.4 Å². The van der Waals surface area contributed by atoms with Crippen molar-refractivity contribution in [2.45, 2.75) is 5.92 Å². The Balaban J connectivity index is 1.55. The molecule has 0 fully saturated rings. The second-order valence-electron chi connectivity index (χ2n) is 6.66. The first-order valence-corrected chi connectivity index (χ1v) is 10.1. The van der Waals surface area contributed by atoms with Gasteiger partial charge in [-0.3, -0.25) is 5.32 Å². The van der Waals surface area contributed by atoms with Gasteiger partial charge in [-0.15, -0.1) is 0 Å². The highest BCUT2D eigenvalue weighted by atomic mass is 79.9. The molecule has 0 atom stereocenters. The zero-order valence-corrected chi connectivity index (χ0v) is 17.6. The van der Waals surface area contributed by atoms with Crippen LogP contribution in [0.5, 0.6) is 0 Å². The molecule has 1 aliphatic rings. The molecular formula is C22H14BrClFNO4. The zero-order chi connectivity index (χ0) is 21.4. The molecule has 0 radical (unpaired) electrons. The van der Waals surface area contributed by atoms with Gasteiger partial charge in [-0.05, 0) is 44.3 Å². The van der Waals surface area contributed by atoms with Crippen molar-refractivity contribution in [2.75, 3.05) is 11.9 Å². The first-order valence-electron chi connectivity index (χ1n) is 8.91. The van der Waals surface area contributed by atoms with E-state index in [0.29, 0.717) is 0 Å². The predicted molar refractivity (Wildman–Crippen MR) is 115 cm³/mol. The molecule has 8 heteroatoms. The van der Waals surface area contributed by atoms with Crippen molar-refractivity contribution in [3.05, 3.63) is 86.6 Å². The van der Waals surface area contributed by atoms with Gasteiger partial charge in [0, 0.05) is 5.92 Å². The predicted octanol–water partition coefficient (Wildman–Crippen LogP) is 6.30. The number of anilines is 1. The number of hydrogen-bond donors (Lipinski definition) is 2. The Morgan fingerprint density at radius 1 is 1.10 bits per heavy atom. The number of halogens is 3. The maximum absolute atomic E-state index is 14.0. The van der Waals surface area contributed by atoms with Crippen molar-refractivity contribution in [1.82, 2.24) is 0 Å². The first kappa shape index (κ1) is 20.4. The lowest BCUT2D eigenvalue weighted by Gasteiger charge is -2.16. The number of carboxylic acid groups (broad SMARTS) is 1. The molecule has 0 spiro atoms. The van der Waals surface area contributed by atoms with Gasteiger partial charge >= 0.3 is 12.1 Å². The van der Waals surface area contributed by atoms with Crippen molar-refractivity contribution in [3.63, 3.8) is 0 Å². The van der Waals surface area contributed by atoms with Crippen LogP contribution in [0.3, 0.4) is 0 Å². The molecule has 0 unspecified atom stereocenters. The highest BCUT2D eigenvalue weighted by Crippen LogP contribution is 2.44. The van der Waals surface area contributed by atoms with E-state index in [2.05, 4.69) is 21.2 Å². The molecule has 4 rings (SSSR count). The maximum Gasteiger partial charge on any atom is 0.411 e. The molecule has 0 heterocycles. The van der Waals surface area contributed by atoms with Gasteiger partial charge in [-0.25, -0.2) is 14.0 Å². The van der Waals surface area contributed by atoms with Crippen LogP contribution in [0.4, 0.5) is 14.9 Å². The number of nitrogens with one attached hydrogen (secondary N) is 1. The smallest absolute Gasteiger partial charge is 0.411 e. The highest BCUT2D eigenvalue weighted by Gasteiger charge is 2.29. The zero-order valence-electron chi connectivity index (χ0n) is 15.3. The van der Waals surface area contributed by atoms with Crippen molar-refractivity contribution < 1.29 is 23.8 Å². The van der Waals surface area contributed by atoms with E-state index < -0.39 is 23.4 Å². The topological polar surface area (TPSA) is 75.6 Å². The molecule has 0 saturated carbocycles. The summed E-state index contributed by atoms with van der Waals surface area (Å²) in [6, 6.07) is 16.5. The summed E-state index contributed by atoms with van der Waals surface area (Å²) in [6.45, 7) is 0.0518. The Bertz CT molecular complexity index is 1140. The fourth-order valence-corrected chi connectivity index (χ4v) is 4.41. The van der Waals surface area contributed by atoms with Gasteiger partial charge in [-0.1, -0.05) is 60.1 Å². The third-order valence-corrected chi connectivity index (χ3v) is 6.13. The van der Waals surface area contributed by atoms with Crippen LogP contribution >= 0.6 is 27.5 Å². The lowest BCUT2D eigenvalue weighted by molar-refractivity contribution is 0.0696. The summed E-state index contributed by atoms with van der Waals surface area (Å²) in [5, 5.41) is 11.2. The van der Waals surface area contributed by atoms with E-state index in [1.54, 1.807) is 0 Å². The number of carboxylic acids is 1. The number of benzene rings is 3. The Hall–Kier alpha value is -2.90. The first-order chi connectivity index (χ1) is 14.4. The average Bonchev–Trinajstić information content (AvgIpc) is 3.06. The molecule has 0 aromatic heterocycles. The van der Waals surface area contributed by atoms with E-state index in [4.69, 9.17) is 21.4 Å². The molecular weight excluding hydrogens is 477 g/mol. The van der Waals surface area contributed by atoms with Gasteiger partial charge in [0.05, 0.1) is 20.7 Å². The fourth-order valence-electron chi connectivity index (χ4n) is 3.61. The number of hydrogen-bond acceptors (Lipinski definition) is 3. The van der Waals surface area contributed by atoms with Gasteiger partial charge in [0.15, 0.2) is 0 Å². The summed E-state index contributed by atoms with van der Waals surface area (Å²) in [5.74, 6) is -2.43. The number of rotatable bonds is 4.